The van der Waals surface area contributed by atoms with Gasteiger partial charge in [-0.1, -0.05) is 31.2 Å². The molecule has 0 aliphatic carbocycles. The van der Waals surface area contributed by atoms with E-state index in [-0.39, 0.29) is 30.7 Å². The Hall–Kier alpha value is -1.33. The largest absolute Gasteiger partial charge is 0.494 e. The van der Waals surface area contributed by atoms with Crippen molar-refractivity contribution in [3.63, 3.8) is 0 Å². The molecule has 1 unspecified atom stereocenters. The second kappa shape index (κ2) is 5.46. The Morgan fingerprint density at radius 1 is 1.14 bits per heavy atom. The van der Waals surface area contributed by atoms with E-state index < -0.39 is 5.97 Å². The number of benzene rings is 1. The lowest BCUT2D eigenvalue weighted by Crippen LogP contribution is -2.41. The summed E-state index contributed by atoms with van der Waals surface area (Å²) in [7, 11) is -0.376. The predicted octanol–water partition coefficient (Wildman–Crippen LogP) is 2.56. The first kappa shape index (κ1) is 16.1. The first-order valence-electron chi connectivity index (χ1n) is 7.30. The van der Waals surface area contributed by atoms with Gasteiger partial charge in [0.25, 0.3) is 0 Å². The molecule has 114 valence electrons. The summed E-state index contributed by atoms with van der Waals surface area (Å²) in [5, 5.41) is 8.85. The Morgan fingerprint density at radius 3 is 2.05 bits per heavy atom. The second-order valence-corrected chi connectivity index (χ2v) is 6.75. The summed E-state index contributed by atoms with van der Waals surface area (Å²) in [6.45, 7) is 10.0. The SMILES string of the molecule is CC(CC(=O)O)c1ccc(B2OC(C)(C)C(C)(C)O2)cc1. The summed E-state index contributed by atoms with van der Waals surface area (Å²) in [6.07, 6.45) is 0.135. The normalized spacial score (nSPS) is 21.3. The van der Waals surface area contributed by atoms with E-state index in [1.165, 1.54) is 0 Å². The number of carbonyl (C=O) groups is 1. The van der Waals surface area contributed by atoms with Gasteiger partial charge in [0.1, 0.15) is 0 Å². The van der Waals surface area contributed by atoms with Crippen LogP contribution in [0.25, 0.3) is 0 Å². The highest BCUT2D eigenvalue weighted by atomic mass is 16.7. The van der Waals surface area contributed by atoms with Crippen LogP contribution in [0.1, 0.15) is 52.5 Å². The third-order valence-corrected chi connectivity index (χ3v) is 4.51. The number of hydrogen-bond acceptors (Lipinski definition) is 3. The molecule has 4 nitrogen and oxygen atoms in total. The van der Waals surface area contributed by atoms with Crippen molar-refractivity contribution in [2.24, 2.45) is 0 Å². The fraction of sp³-hybridized carbons (Fsp3) is 0.562. The third kappa shape index (κ3) is 3.30. The van der Waals surface area contributed by atoms with Gasteiger partial charge in [-0.05, 0) is 44.6 Å². The van der Waals surface area contributed by atoms with Crippen LogP contribution in [0.4, 0.5) is 0 Å². The van der Waals surface area contributed by atoms with Gasteiger partial charge in [-0.15, -0.1) is 0 Å². The summed E-state index contributed by atoms with van der Waals surface area (Å²) >= 11 is 0. The molecule has 5 heteroatoms. The molecule has 1 atom stereocenters. The second-order valence-electron chi connectivity index (χ2n) is 6.75. The van der Waals surface area contributed by atoms with Crippen molar-refractivity contribution in [3.8, 4) is 0 Å². The molecule has 0 aromatic heterocycles. The van der Waals surface area contributed by atoms with Crippen molar-refractivity contribution in [3.05, 3.63) is 29.8 Å². The molecule has 2 rings (SSSR count). The molecule has 0 radical (unpaired) electrons. The lowest BCUT2D eigenvalue weighted by Gasteiger charge is -2.32. The van der Waals surface area contributed by atoms with Gasteiger partial charge in [0.15, 0.2) is 0 Å². The van der Waals surface area contributed by atoms with Crippen LogP contribution in [0.3, 0.4) is 0 Å². The van der Waals surface area contributed by atoms with E-state index in [1.54, 1.807) is 0 Å². The average Bonchev–Trinajstić information content (AvgIpc) is 2.58. The van der Waals surface area contributed by atoms with Crippen molar-refractivity contribution in [2.75, 3.05) is 0 Å². The monoisotopic (exact) mass is 290 g/mol. The first-order valence-corrected chi connectivity index (χ1v) is 7.30. The van der Waals surface area contributed by atoms with Crippen LogP contribution in [-0.2, 0) is 14.1 Å². The van der Waals surface area contributed by atoms with E-state index in [9.17, 15) is 4.79 Å². The molecule has 0 amide bonds. The molecule has 0 saturated carbocycles. The van der Waals surface area contributed by atoms with Crippen molar-refractivity contribution in [1.29, 1.82) is 0 Å². The Balaban J connectivity index is 2.12. The lowest BCUT2D eigenvalue weighted by atomic mass is 9.78. The van der Waals surface area contributed by atoms with Gasteiger partial charge in [-0.25, -0.2) is 0 Å². The molecular weight excluding hydrogens is 267 g/mol. The van der Waals surface area contributed by atoms with E-state index in [2.05, 4.69) is 0 Å². The zero-order chi connectivity index (χ0) is 15.8. The fourth-order valence-electron chi connectivity index (χ4n) is 2.34. The predicted molar refractivity (Wildman–Crippen MR) is 82.8 cm³/mol. The zero-order valence-corrected chi connectivity index (χ0v) is 13.3. The quantitative estimate of drug-likeness (QED) is 0.866. The van der Waals surface area contributed by atoms with Crippen LogP contribution >= 0.6 is 0 Å². The zero-order valence-electron chi connectivity index (χ0n) is 13.3. The average molecular weight is 290 g/mol. The van der Waals surface area contributed by atoms with Crippen LogP contribution in [0, 0.1) is 0 Å². The van der Waals surface area contributed by atoms with Crippen molar-refractivity contribution < 1.29 is 19.2 Å². The number of rotatable bonds is 4. The summed E-state index contributed by atoms with van der Waals surface area (Å²) in [5.74, 6) is -0.785. The lowest BCUT2D eigenvalue weighted by molar-refractivity contribution is -0.137. The van der Waals surface area contributed by atoms with E-state index in [0.717, 1.165) is 11.0 Å². The molecule has 1 N–H and O–H groups in total. The molecule has 1 fully saturated rings. The van der Waals surface area contributed by atoms with Gasteiger partial charge in [0.2, 0.25) is 0 Å². The maximum Gasteiger partial charge on any atom is 0.494 e. The highest BCUT2D eigenvalue weighted by Crippen LogP contribution is 2.36. The topological polar surface area (TPSA) is 55.8 Å². The number of aliphatic carboxylic acids is 1. The van der Waals surface area contributed by atoms with Gasteiger partial charge >= 0.3 is 13.1 Å². The maximum atomic E-state index is 10.8. The van der Waals surface area contributed by atoms with E-state index in [4.69, 9.17) is 14.4 Å². The molecule has 1 aliphatic rings. The molecule has 1 aliphatic heterocycles. The molecule has 1 aromatic rings. The van der Waals surface area contributed by atoms with Gasteiger partial charge in [0, 0.05) is 0 Å². The molecule has 1 heterocycles. The first-order chi connectivity index (χ1) is 9.62. The minimum atomic E-state index is -0.780. The Morgan fingerprint density at radius 2 is 1.62 bits per heavy atom. The van der Waals surface area contributed by atoms with Gasteiger partial charge in [-0.3, -0.25) is 4.79 Å². The van der Waals surface area contributed by atoms with E-state index in [1.807, 2.05) is 58.9 Å². The third-order valence-electron chi connectivity index (χ3n) is 4.51. The highest BCUT2D eigenvalue weighted by molar-refractivity contribution is 6.62. The van der Waals surface area contributed by atoms with Gasteiger partial charge < -0.3 is 14.4 Å². The Labute approximate surface area is 126 Å². The van der Waals surface area contributed by atoms with Crippen LogP contribution in [0.2, 0.25) is 0 Å². The summed E-state index contributed by atoms with van der Waals surface area (Å²) in [6, 6.07) is 7.81. The fourth-order valence-corrected chi connectivity index (χ4v) is 2.34. The molecule has 1 saturated heterocycles. The smallest absolute Gasteiger partial charge is 0.481 e. The van der Waals surface area contributed by atoms with E-state index >= 15 is 0 Å². The Bertz CT molecular complexity index is 506. The minimum absolute atomic E-state index is 0.00477. The molecule has 0 bridgehead atoms. The van der Waals surface area contributed by atoms with Gasteiger partial charge in [-0.2, -0.15) is 0 Å². The summed E-state index contributed by atoms with van der Waals surface area (Å²) in [4.78, 5) is 10.8. The van der Waals surface area contributed by atoms with Crippen molar-refractivity contribution in [2.45, 2.75) is 58.2 Å². The van der Waals surface area contributed by atoms with Gasteiger partial charge in [0.05, 0.1) is 17.6 Å². The van der Waals surface area contributed by atoms with Crippen LogP contribution in [-0.4, -0.2) is 29.4 Å². The van der Waals surface area contributed by atoms with Crippen LogP contribution in [0.5, 0.6) is 0 Å². The minimum Gasteiger partial charge on any atom is -0.481 e. The Kier molecular flexibility index (Phi) is 4.18. The number of carboxylic acids is 1. The van der Waals surface area contributed by atoms with Crippen LogP contribution in [0.15, 0.2) is 24.3 Å². The molecular formula is C16H23BO4. The van der Waals surface area contributed by atoms with Crippen molar-refractivity contribution in [1.82, 2.24) is 0 Å². The van der Waals surface area contributed by atoms with Crippen molar-refractivity contribution >= 4 is 18.6 Å². The summed E-state index contributed by atoms with van der Waals surface area (Å²) in [5.41, 5.74) is 1.26. The molecule has 0 spiro atoms. The molecule has 1 aromatic carbocycles. The van der Waals surface area contributed by atoms with E-state index in [0.29, 0.717) is 0 Å². The standard InChI is InChI=1S/C16H23BO4/c1-11(10-14(18)19)12-6-8-13(9-7-12)17-20-15(2,3)16(4,5)21-17/h6-9,11H,10H2,1-5H3,(H,18,19). The number of hydrogen-bond donors (Lipinski definition) is 1. The number of carboxylic acid groups (broad SMARTS) is 1. The molecule has 21 heavy (non-hydrogen) atoms. The maximum absolute atomic E-state index is 10.8. The highest BCUT2D eigenvalue weighted by Gasteiger charge is 2.51. The summed E-state index contributed by atoms with van der Waals surface area (Å²) < 4.78 is 12.0. The van der Waals surface area contributed by atoms with Crippen LogP contribution < -0.4 is 5.46 Å².